The highest BCUT2D eigenvalue weighted by atomic mass is 19.1. The molecule has 0 spiro atoms. The van der Waals surface area contributed by atoms with Crippen LogP contribution in [0, 0.1) is 5.82 Å². The molecule has 2 aromatic heterocycles. The Morgan fingerprint density at radius 1 is 1.54 bits per heavy atom. The molecule has 66 valence electrons. The summed E-state index contributed by atoms with van der Waals surface area (Å²) in [6.07, 6.45) is 0.970. The van der Waals surface area contributed by atoms with Crippen LogP contribution in [0.15, 0.2) is 22.7 Å². The van der Waals surface area contributed by atoms with E-state index in [4.69, 9.17) is 9.52 Å². The molecule has 13 heavy (non-hydrogen) atoms. The van der Waals surface area contributed by atoms with Crippen molar-refractivity contribution in [2.45, 2.75) is 0 Å². The molecular formula is C8H4FNO3. The molecule has 0 radical (unpaired) electrons. The van der Waals surface area contributed by atoms with Gasteiger partial charge in [0.1, 0.15) is 5.82 Å². The third kappa shape index (κ3) is 1.24. The van der Waals surface area contributed by atoms with Crippen LogP contribution in [-0.4, -0.2) is 16.1 Å². The lowest BCUT2D eigenvalue weighted by molar-refractivity contribution is 0.0664. The average molecular weight is 181 g/mol. The van der Waals surface area contributed by atoms with E-state index in [1.165, 1.54) is 6.07 Å². The first-order valence-electron chi connectivity index (χ1n) is 3.45. The lowest BCUT2D eigenvalue weighted by Gasteiger charge is -1.85. The van der Waals surface area contributed by atoms with Crippen LogP contribution in [0.25, 0.3) is 11.1 Å². The smallest absolute Gasteiger partial charge is 0.371 e. The van der Waals surface area contributed by atoms with Gasteiger partial charge in [0.25, 0.3) is 0 Å². The molecule has 0 aliphatic carbocycles. The van der Waals surface area contributed by atoms with Gasteiger partial charge in [0, 0.05) is 11.5 Å². The van der Waals surface area contributed by atoms with Gasteiger partial charge in [0.05, 0.1) is 6.20 Å². The van der Waals surface area contributed by atoms with Gasteiger partial charge in [-0.15, -0.1) is 0 Å². The number of halogens is 1. The molecule has 4 nitrogen and oxygen atoms in total. The van der Waals surface area contributed by atoms with Crippen molar-refractivity contribution >= 4 is 17.1 Å². The fourth-order valence-corrected chi connectivity index (χ4v) is 1.01. The van der Waals surface area contributed by atoms with E-state index in [1.54, 1.807) is 0 Å². The van der Waals surface area contributed by atoms with Crippen LogP contribution in [0.2, 0.25) is 0 Å². The molecule has 0 fully saturated rings. The average Bonchev–Trinajstić information content (AvgIpc) is 2.46. The summed E-state index contributed by atoms with van der Waals surface area (Å²) in [6, 6.07) is 2.39. The lowest BCUT2D eigenvalue weighted by atomic mass is 10.3. The Kier molecular flexibility index (Phi) is 1.51. The molecule has 0 bridgehead atoms. The number of aromatic carboxylic acids is 1. The Hall–Kier alpha value is -1.91. The highest BCUT2D eigenvalue weighted by molar-refractivity contribution is 5.90. The Labute approximate surface area is 71.6 Å². The number of hydrogen-bond donors (Lipinski definition) is 1. The van der Waals surface area contributed by atoms with Crippen LogP contribution < -0.4 is 0 Å². The van der Waals surface area contributed by atoms with E-state index >= 15 is 0 Å². The normalized spacial score (nSPS) is 10.5. The summed E-state index contributed by atoms with van der Waals surface area (Å²) in [5.74, 6) is -1.96. The van der Waals surface area contributed by atoms with Crippen molar-refractivity contribution in [1.82, 2.24) is 4.98 Å². The third-order valence-corrected chi connectivity index (χ3v) is 1.55. The molecule has 0 saturated carbocycles. The summed E-state index contributed by atoms with van der Waals surface area (Å²) in [6.45, 7) is 0. The Morgan fingerprint density at radius 2 is 2.31 bits per heavy atom. The summed E-state index contributed by atoms with van der Waals surface area (Å²) in [4.78, 5) is 14.0. The number of carboxylic acids is 1. The number of carboxylic acid groups (broad SMARTS) is 1. The van der Waals surface area contributed by atoms with Crippen molar-refractivity contribution in [3.05, 3.63) is 29.9 Å². The number of furan rings is 1. The third-order valence-electron chi connectivity index (χ3n) is 1.55. The fourth-order valence-electron chi connectivity index (χ4n) is 1.01. The van der Waals surface area contributed by atoms with Crippen molar-refractivity contribution < 1.29 is 18.7 Å². The van der Waals surface area contributed by atoms with E-state index in [0.29, 0.717) is 5.39 Å². The summed E-state index contributed by atoms with van der Waals surface area (Å²) in [5.41, 5.74) is 0.124. The largest absolute Gasteiger partial charge is 0.475 e. The molecule has 2 rings (SSSR count). The minimum absolute atomic E-state index is 0.124. The minimum atomic E-state index is -1.20. The van der Waals surface area contributed by atoms with Gasteiger partial charge >= 0.3 is 5.97 Å². The maximum atomic E-state index is 12.6. The number of pyridine rings is 1. The van der Waals surface area contributed by atoms with E-state index in [2.05, 4.69) is 4.98 Å². The molecule has 2 heterocycles. The van der Waals surface area contributed by atoms with Crippen LogP contribution in [0.4, 0.5) is 4.39 Å². The molecule has 0 atom stereocenters. The SMILES string of the molecule is O=C(O)c1cc2cc(F)cnc2o1. The number of rotatable bonds is 1. The maximum Gasteiger partial charge on any atom is 0.371 e. The van der Waals surface area contributed by atoms with E-state index in [-0.39, 0.29) is 11.5 Å². The van der Waals surface area contributed by atoms with Crippen molar-refractivity contribution in [3.63, 3.8) is 0 Å². The van der Waals surface area contributed by atoms with E-state index in [0.717, 1.165) is 12.3 Å². The van der Waals surface area contributed by atoms with Crippen molar-refractivity contribution in [3.8, 4) is 0 Å². The first-order valence-corrected chi connectivity index (χ1v) is 3.45. The van der Waals surface area contributed by atoms with Gasteiger partial charge in [-0.25, -0.2) is 14.2 Å². The van der Waals surface area contributed by atoms with Crippen molar-refractivity contribution in [1.29, 1.82) is 0 Å². The zero-order valence-corrected chi connectivity index (χ0v) is 6.32. The van der Waals surface area contributed by atoms with Crippen LogP contribution >= 0.6 is 0 Å². The second kappa shape index (κ2) is 2.55. The van der Waals surface area contributed by atoms with Crippen LogP contribution in [-0.2, 0) is 0 Å². The quantitative estimate of drug-likeness (QED) is 0.726. The van der Waals surface area contributed by atoms with E-state index in [9.17, 15) is 9.18 Å². The summed E-state index contributed by atoms with van der Waals surface area (Å²) < 4.78 is 17.4. The van der Waals surface area contributed by atoms with Crippen molar-refractivity contribution in [2.75, 3.05) is 0 Å². The molecule has 2 aromatic rings. The fraction of sp³-hybridized carbons (Fsp3) is 0. The molecule has 0 aliphatic heterocycles. The summed E-state index contributed by atoms with van der Waals surface area (Å²) in [7, 11) is 0. The zero-order valence-electron chi connectivity index (χ0n) is 6.32. The lowest BCUT2D eigenvalue weighted by Crippen LogP contribution is -1.91. The molecule has 1 N–H and O–H groups in total. The van der Waals surface area contributed by atoms with Gasteiger partial charge < -0.3 is 9.52 Å². The Balaban J connectivity index is 2.68. The second-order valence-corrected chi connectivity index (χ2v) is 2.46. The maximum absolute atomic E-state index is 12.6. The first kappa shape index (κ1) is 7.72. The minimum Gasteiger partial charge on any atom is -0.475 e. The summed E-state index contributed by atoms with van der Waals surface area (Å²) in [5, 5.41) is 8.88. The van der Waals surface area contributed by atoms with Gasteiger partial charge in [-0.1, -0.05) is 0 Å². The molecular weight excluding hydrogens is 177 g/mol. The van der Waals surface area contributed by atoms with E-state index in [1.807, 2.05) is 0 Å². The van der Waals surface area contributed by atoms with Gasteiger partial charge in [0.15, 0.2) is 0 Å². The van der Waals surface area contributed by atoms with Gasteiger partial charge in [-0.05, 0) is 6.07 Å². The van der Waals surface area contributed by atoms with Gasteiger partial charge in [-0.3, -0.25) is 0 Å². The molecule has 5 heteroatoms. The number of hydrogen-bond acceptors (Lipinski definition) is 3. The Morgan fingerprint density at radius 3 is 3.00 bits per heavy atom. The van der Waals surface area contributed by atoms with Gasteiger partial charge in [0.2, 0.25) is 11.5 Å². The standard InChI is InChI=1S/C8H4FNO3/c9-5-1-4-2-6(8(11)12)13-7(4)10-3-5/h1-3H,(H,11,12). The highest BCUT2D eigenvalue weighted by Crippen LogP contribution is 2.17. The predicted octanol–water partition coefficient (Wildman–Crippen LogP) is 1.67. The Bertz CT molecular complexity index is 477. The van der Waals surface area contributed by atoms with Crippen LogP contribution in [0.1, 0.15) is 10.6 Å². The number of nitrogens with zero attached hydrogens (tertiary/aromatic N) is 1. The molecule has 0 saturated heterocycles. The van der Waals surface area contributed by atoms with Gasteiger partial charge in [-0.2, -0.15) is 0 Å². The molecule has 0 unspecified atom stereocenters. The predicted molar refractivity (Wildman–Crippen MR) is 40.9 cm³/mol. The number of carbonyl (C=O) groups is 1. The number of fused-ring (bicyclic) bond motifs is 1. The van der Waals surface area contributed by atoms with Crippen LogP contribution in [0.3, 0.4) is 0 Å². The summed E-state index contributed by atoms with van der Waals surface area (Å²) >= 11 is 0. The monoisotopic (exact) mass is 181 g/mol. The van der Waals surface area contributed by atoms with Crippen molar-refractivity contribution in [2.24, 2.45) is 0 Å². The van der Waals surface area contributed by atoms with Crippen LogP contribution in [0.5, 0.6) is 0 Å². The van der Waals surface area contributed by atoms with E-state index < -0.39 is 11.8 Å². The first-order chi connectivity index (χ1) is 6.16. The highest BCUT2D eigenvalue weighted by Gasteiger charge is 2.11. The number of aromatic nitrogens is 1. The molecule has 0 aromatic carbocycles. The second-order valence-electron chi connectivity index (χ2n) is 2.46. The zero-order chi connectivity index (χ0) is 9.42. The molecule has 0 aliphatic rings. The topological polar surface area (TPSA) is 63.3 Å². The molecule has 0 amide bonds.